The molecule has 2 aromatic heterocycles. The normalized spacial score (nSPS) is 17.2. The first-order valence-electron chi connectivity index (χ1n) is 6.67. The zero-order valence-corrected chi connectivity index (χ0v) is 12.4. The molecule has 1 aliphatic rings. The van der Waals surface area contributed by atoms with Gasteiger partial charge in [0.1, 0.15) is 0 Å². The number of hydrogen-bond donors (Lipinski definition) is 1. The van der Waals surface area contributed by atoms with Crippen molar-refractivity contribution in [2.75, 3.05) is 0 Å². The Morgan fingerprint density at radius 2 is 2.06 bits per heavy atom. The lowest BCUT2D eigenvalue weighted by Gasteiger charge is -2.09. The van der Waals surface area contributed by atoms with Crippen LogP contribution in [0.5, 0.6) is 0 Å². The number of nitrogens with two attached hydrogens (primary N) is 1. The van der Waals surface area contributed by atoms with Crippen LogP contribution in [0.4, 0.5) is 0 Å². The van der Waals surface area contributed by atoms with Gasteiger partial charge in [0.2, 0.25) is 0 Å². The fourth-order valence-corrected chi connectivity index (χ4v) is 4.74. The standard InChI is InChI=1S/C15H19NS2/c1-10-12(7-8-17-10)15(16)14-9-11-5-3-2-4-6-13(11)18-14/h7-9,15H,2-6,16H2,1H3. The molecule has 2 N–H and O–H groups in total. The van der Waals surface area contributed by atoms with Gasteiger partial charge >= 0.3 is 0 Å². The molecular formula is C15H19NS2. The minimum atomic E-state index is 0.0770. The van der Waals surface area contributed by atoms with Gasteiger partial charge < -0.3 is 5.73 Å². The molecule has 3 heteroatoms. The van der Waals surface area contributed by atoms with Crippen LogP contribution in [0.2, 0.25) is 0 Å². The molecule has 0 radical (unpaired) electrons. The van der Waals surface area contributed by atoms with Gasteiger partial charge in [-0.05, 0) is 61.2 Å². The van der Waals surface area contributed by atoms with E-state index in [0.717, 1.165) is 0 Å². The van der Waals surface area contributed by atoms with E-state index in [1.807, 2.05) is 11.3 Å². The molecule has 0 saturated carbocycles. The summed E-state index contributed by atoms with van der Waals surface area (Å²) >= 11 is 3.73. The highest BCUT2D eigenvalue weighted by atomic mass is 32.1. The Kier molecular flexibility index (Phi) is 3.55. The minimum Gasteiger partial charge on any atom is -0.320 e. The average Bonchev–Trinajstić information content (AvgIpc) is 2.90. The van der Waals surface area contributed by atoms with Crippen LogP contribution in [-0.2, 0) is 12.8 Å². The predicted octanol–water partition coefficient (Wildman–Crippen LogP) is 4.44. The zero-order chi connectivity index (χ0) is 12.5. The highest BCUT2D eigenvalue weighted by Gasteiger charge is 2.18. The number of rotatable bonds is 2. The van der Waals surface area contributed by atoms with Crippen molar-refractivity contribution in [2.45, 2.75) is 45.1 Å². The summed E-state index contributed by atoms with van der Waals surface area (Å²) < 4.78 is 0. The molecule has 2 aromatic rings. The highest BCUT2D eigenvalue weighted by Crippen LogP contribution is 2.35. The molecule has 0 aliphatic heterocycles. The molecule has 18 heavy (non-hydrogen) atoms. The Balaban J connectivity index is 1.91. The second-order valence-corrected chi connectivity index (χ2v) is 7.36. The van der Waals surface area contributed by atoms with Gasteiger partial charge in [0.15, 0.2) is 0 Å². The lowest BCUT2D eigenvalue weighted by molar-refractivity contribution is 0.712. The maximum atomic E-state index is 6.43. The molecule has 0 amide bonds. The van der Waals surface area contributed by atoms with Crippen molar-refractivity contribution in [3.05, 3.63) is 43.3 Å². The van der Waals surface area contributed by atoms with Crippen molar-refractivity contribution < 1.29 is 0 Å². The Hall–Kier alpha value is -0.640. The fourth-order valence-electron chi connectivity index (χ4n) is 2.71. The lowest BCUT2D eigenvalue weighted by atomic mass is 10.1. The molecule has 1 unspecified atom stereocenters. The van der Waals surface area contributed by atoms with Crippen LogP contribution in [0.15, 0.2) is 17.5 Å². The summed E-state index contributed by atoms with van der Waals surface area (Å²) in [6, 6.07) is 4.62. The zero-order valence-electron chi connectivity index (χ0n) is 10.7. The van der Waals surface area contributed by atoms with Gasteiger partial charge in [-0.15, -0.1) is 22.7 Å². The summed E-state index contributed by atoms with van der Waals surface area (Å²) in [6.45, 7) is 2.17. The van der Waals surface area contributed by atoms with Crippen LogP contribution in [0.3, 0.4) is 0 Å². The first kappa shape index (κ1) is 12.4. The SMILES string of the molecule is Cc1sccc1C(N)c1cc2c(s1)CCCCC2. The highest BCUT2D eigenvalue weighted by molar-refractivity contribution is 7.12. The van der Waals surface area contributed by atoms with Crippen LogP contribution in [0, 0.1) is 6.92 Å². The van der Waals surface area contributed by atoms with Crippen LogP contribution in [-0.4, -0.2) is 0 Å². The molecule has 1 aliphatic carbocycles. The Labute approximate surface area is 117 Å². The van der Waals surface area contributed by atoms with Crippen molar-refractivity contribution in [3.8, 4) is 0 Å². The number of aryl methyl sites for hydroxylation is 3. The van der Waals surface area contributed by atoms with Crippen molar-refractivity contribution >= 4 is 22.7 Å². The van der Waals surface area contributed by atoms with Crippen molar-refractivity contribution in [3.63, 3.8) is 0 Å². The van der Waals surface area contributed by atoms with Crippen LogP contribution >= 0.6 is 22.7 Å². The van der Waals surface area contributed by atoms with Gasteiger partial charge in [0.05, 0.1) is 6.04 Å². The van der Waals surface area contributed by atoms with E-state index in [9.17, 15) is 0 Å². The second-order valence-electron chi connectivity index (χ2n) is 5.07. The van der Waals surface area contributed by atoms with E-state index in [4.69, 9.17) is 5.73 Å². The lowest BCUT2D eigenvalue weighted by Crippen LogP contribution is -2.10. The Morgan fingerprint density at radius 3 is 2.83 bits per heavy atom. The molecule has 0 fully saturated rings. The fraction of sp³-hybridized carbons (Fsp3) is 0.467. The third-order valence-corrected chi connectivity index (χ3v) is 5.99. The molecule has 1 nitrogen and oxygen atoms in total. The molecule has 0 spiro atoms. The van der Waals surface area contributed by atoms with Gasteiger partial charge in [0.25, 0.3) is 0 Å². The maximum Gasteiger partial charge on any atom is 0.0656 e. The number of hydrogen-bond acceptors (Lipinski definition) is 3. The topological polar surface area (TPSA) is 26.0 Å². The molecule has 0 bridgehead atoms. The molecule has 0 saturated heterocycles. The Bertz CT molecular complexity index is 515. The summed E-state index contributed by atoms with van der Waals surface area (Å²) in [4.78, 5) is 4.29. The smallest absolute Gasteiger partial charge is 0.0656 e. The maximum absolute atomic E-state index is 6.43. The molecule has 96 valence electrons. The van der Waals surface area contributed by atoms with Crippen molar-refractivity contribution in [1.29, 1.82) is 0 Å². The van der Waals surface area contributed by atoms with Gasteiger partial charge in [-0.2, -0.15) is 0 Å². The molecule has 3 rings (SSSR count). The minimum absolute atomic E-state index is 0.0770. The first-order valence-corrected chi connectivity index (χ1v) is 8.36. The van der Waals surface area contributed by atoms with E-state index in [0.29, 0.717) is 0 Å². The second kappa shape index (κ2) is 5.16. The van der Waals surface area contributed by atoms with E-state index < -0.39 is 0 Å². The number of thiophene rings is 2. The Morgan fingerprint density at radius 1 is 1.22 bits per heavy atom. The summed E-state index contributed by atoms with van der Waals surface area (Å²) in [5.74, 6) is 0. The van der Waals surface area contributed by atoms with Crippen LogP contribution in [0.25, 0.3) is 0 Å². The summed E-state index contributed by atoms with van der Waals surface area (Å²) in [7, 11) is 0. The van der Waals surface area contributed by atoms with Crippen LogP contribution < -0.4 is 5.73 Å². The van der Waals surface area contributed by atoms with E-state index >= 15 is 0 Å². The van der Waals surface area contributed by atoms with E-state index in [1.54, 1.807) is 21.8 Å². The summed E-state index contributed by atoms with van der Waals surface area (Å²) in [5, 5.41) is 2.14. The average molecular weight is 277 g/mol. The van der Waals surface area contributed by atoms with Crippen molar-refractivity contribution in [2.24, 2.45) is 5.73 Å². The van der Waals surface area contributed by atoms with E-state index in [-0.39, 0.29) is 6.04 Å². The van der Waals surface area contributed by atoms with E-state index in [2.05, 4.69) is 24.4 Å². The van der Waals surface area contributed by atoms with Crippen molar-refractivity contribution in [1.82, 2.24) is 0 Å². The van der Waals surface area contributed by atoms with Crippen LogP contribution in [0.1, 0.15) is 51.1 Å². The molecule has 1 atom stereocenters. The van der Waals surface area contributed by atoms with Gasteiger partial charge in [-0.25, -0.2) is 0 Å². The molecule has 0 aromatic carbocycles. The predicted molar refractivity (Wildman–Crippen MR) is 80.7 cm³/mol. The quantitative estimate of drug-likeness (QED) is 0.807. The summed E-state index contributed by atoms with van der Waals surface area (Å²) in [5.41, 5.74) is 9.30. The first-order chi connectivity index (χ1) is 8.75. The largest absolute Gasteiger partial charge is 0.320 e. The molecular weight excluding hydrogens is 258 g/mol. The summed E-state index contributed by atoms with van der Waals surface area (Å²) in [6.07, 6.45) is 6.58. The third kappa shape index (κ3) is 2.27. The van der Waals surface area contributed by atoms with Gasteiger partial charge in [-0.1, -0.05) is 6.42 Å². The monoisotopic (exact) mass is 277 g/mol. The van der Waals surface area contributed by atoms with Gasteiger partial charge in [-0.3, -0.25) is 0 Å². The number of fused-ring (bicyclic) bond motifs is 1. The van der Waals surface area contributed by atoms with Gasteiger partial charge in [0, 0.05) is 14.6 Å². The third-order valence-electron chi connectivity index (χ3n) is 3.81. The van der Waals surface area contributed by atoms with E-state index in [1.165, 1.54) is 47.4 Å². The molecule has 2 heterocycles.